The van der Waals surface area contributed by atoms with Crippen molar-refractivity contribution in [2.24, 2.45) is 5.92 Å². The van der Waals surface area contributed by atoms with Gasteiger partial charge in [-0.05, 0) is 36.6 Å². The number of rotatable bonds is 5. The van der Waals surface area contributed by atoms with Gasteiger partial charge in [-0.25, -0.2) is 4.98 Å². The highest BCUT2D eigenvalue weighted by atomic mass is 16.2. The molecule has 0 aliphatic heterocycles. The number of carbonyl (C=O) groups is 2. The number of para-hydroxylation sites is 1. The first-order chi connectivity index (χ1) is 12.5. The molecule has 0 bridgehead atoms. The molecule has 3 rings (SSSR count). The summed E-state index contributed by atoms with van der Waals surface area (Å²) in [5, 5.41) is 5.72. The molecule has 0 aliphatic carbocycles. The highest BCUT2D eigenvalue weighted by Gasteiger charge is 2.21. The van der Waals surface area contributed by atoms with Crippen LogP contribution in [0, 0.1) is 12.8 Å². The average Bonchev–Trinajstić information content (AvgIpc) is 3.01. The number of imidazole rings is 1. The summed E-state index contributed by atoms with van der Waals surface area (Å²) in [4.78, 5) is 29.6. The van der Waals surface area contributed by atoms with Gasteiger partial charge in [-0.1, -0.05) is 38.1 Å². The first kappa shape index (κ1) is 17.7. The van der Waals surface area contributed by atoms with Crippen molar-refractivity contribution in [1.82, 2.24) is 14.7 Å². The zero-order valence-electron chi connectivity index (χ0n) is 15.1. The second-order valence-corrected chi connectivity index (χ2v) is 6.61. The Labute approximate surface area is 152 Å². The number of amides is 2. The fourth-order valence-electron chi connectivity index (χ4n) is 2.64. The van der Waals surface area contributed by atoms with Crippen LogP contribution < -0.4 is 10.6 Å². The molecule has 26 heavy (non-hydrogen) atoms. The van der Waals surface area contributed by atoms with Crippen LogP contribution in [0.3, 0.4) is 0 Å². The maximum absolute atomic E-state index is 12.8. The van der Waals surface area contributed by atoms with Gasteiger partial charge < -0.3 is 10.6 Å². The Bertz CT molecular complexity index is 959. The van der Waals surface area contributed by atoms with Gasteiger partial charge in [0, 0.05) is 18.4 Å². The fourth-order valence-corrected chi connectivity index (χ4v) is 2.64. The number of pyridine rings is 1. The second-order valence-electron chi connectivity index (χ2n) is 6.61. The smallest absolute Gasteiger partial charge is 0.292 e. The van der Waals surface area contributed by atoms with Crippen LogP contribution in [-0.4, -0.2) is 27.7 Å². The first-order valence-corrected chi connectivity index (χ1v) is 8.59. The molecule has 134 valence electrons. The Balaban J connectivity index is 1.95. The van der Waals surface area contributed by atoms with Gasteiger partial charge in [-0.3, -0.25) is 14.0 Å². The molecule has 0 radical (unpaired) electrons. The molecule has 1 aromatic carbocycles. The van der Waals surface area contributed by atoms with Crippen molar-refractivity contribution in [2.45, 2.75) is 20.8 Å². The molecule has 6 nitrogen and oxygen atoms in total. The Morgan fingerprint density at radius 2 is 1.81 bits per heavy atom. The summed E-state index contributed by atoms with van der Waals surface area (Å²) < 4.78 is 1.64. The van der Waals surface area contributed by atoms with Crippen molar-refractivity contribution in [3.63, 3.8) is 0 Å². The van der Waals surface area contributed by atoms with Crippen LogP contribution in [0.1, 0.15) is 40.5 Å². The summed E-state index contributed by atoms with van der Waals surface area (Å²) in [5.41, 5.74) is 2.53. The van der Waals surface area contributed by atoms with E-state index in [4.69, 9.17) is 0 Å². The minimum absolute atomic E-state index is 0.179. The van der Waals surface area contributed by atoms with Crippen molar-refractivity contribution < 1.29 is 9.59 Å². The largest absolute Gasteiger partial charge is 0.350 e. The summed E-state index contributed by atoms with van der Waals surface area (Å²) in [5.74, 6) is -0.129. The monoisotopic (exact) mass is 350 g/mol. The highest BCUT2D eigenvalue weighted by molar-refractivity contribution is 6.06. The standard InChI is InChI=1S/C20H22N4O2/c1-13(2)12-21-19(25)17-16-10-6-7-11-24(16)18(23-17)20(26)22-15-9-5-4-8-14(15)3/h4-11,13H,12H2,1-3H3,(H,21,25)(H,22,26). The van der Waals surface area contributed by atoms with Gasteiger partial charge in [0.25, 0.3) is 11.8 Å². The summed E-state index contributed by atoms with van der Waals surface area (Å²) in [6.45, 7) is 6.51. The zero-order valence-corrected chi connectivity index (χ0v) is 15.1. The molecule has 0 spiro atoms. The van der Waals surface area contributed by atoms with E-state index >= 15 is 0 Å². The van der Waals surface area contributed by atoms with E-state index < -0.39 is 0 Å². The number of benzene rings is 1. The number of aryl methyl sites for hydroxylation is 1. The zero-order chi connectivity index (χ0) is 18.7. The van der Waals surface area contributed by atoms with Gasteiger partial charge in [-0.2, -0.15) is 0 Å². The topological polar surface area (TPSA) is 75.5 Å². The first-order valence-electron chi connectivity index (χ1n) is 8.59. The number of hydrogen-bond acceptors (Lipinski definition) is 3. The van der Waals surface area contributed by atoms with Crippen LogP contribution in [0.5, 0.6) is 0 Å². The molecule has 2 amide bonds. The number of aromatic nitrogens is 2. The lowest BCUT2D eigenvalue weighted by Gasteiger charge is -2.07. The molecule has 2 N–H and O–H groups in total. The Morgan fingerprint density at radius 3 is 2.54 bits per heavy atom. The summed E-state index contributed by atoms with van der Waals surface area (Å²) >= 11 is 0. The van der Waals surface area contributed by atoms with Gasteiger partial charge in [0.15, 0.2) is 5.69 Å². The van der Waals surface area contributed by atoms with Crippen molar-refractivity contribution in [3.05, 3.63) is 65.7 Å². The third-order valence-corrected chi connectivity index (χ3v) is 4.03. The lowest BCUT2D eigenvalue weighted by Crippen LogP contribution is -2.27. The molecule has 6 heteroatoms. The average molecular weight is 350 g/mol. The van der Waals surface area contributed by atoms with E-state index in [1.54, 1.807) is 22.7 Å². The van der Waals surface area contributed by atoms with E-state index in [-0.39, 0.29) is 23.3 Å². The van der Waals surface area contributed by atoms with E-state index in [0.29, 0.717) is 18.0 Å². The van der Waals surface area contributed by atoms with Gasteiger partial charge in [0.05, 0.1) is 5.52 Å². The predicted molar refractivity (Wildman–Crippen MR) is 101 cm³/mol. The number of nitrogens with zero attached hydrogens (tertiary/aromatic N) is 2. The van der Waals surface area contributed by atoms with Gasteiger partial charge in [0.2, 0.25) is 5.82 Å². The molecule has 0 aliphatic rings. The van der Waals surface area contributed by atoms with Gasteiger partial charge in [0.1, 0.15) is 0 Å². The van der Waals surface area contributed by atoms with Crippen molar-refractivity contribution in [1.29, 1.82) is 0 Å². The van der Waals surface area contributed by atoms with E-state index in [2.05, 4.69) is 15.6 Å². The Kier molecular flexibility index (Phi) is 5.02. The van der Waals surface area contributed by atoms with E-state index in [0.717, 1.165) is 11.3 Å². The molecule has 2 heterocycles. The van der Waals surface area contributed by atoms with E-state index in [1.165, 1.54) is 0 Å². The van der Waals surface area contributed by atoms with Crippen LogP contribution >= 0.6 is 0 Å². The second kappa shape index (κ2) is 7.39. The minimum atomic E-state index is -0.358. The maximum atomic E-state index is 12.8. The minimum Gasteiger partial charge on any atom is -0.350 e. The number of nitrogens with one attached hydrogen (secondary N) is 2. The number of fused-ring (bicyclic) bond motifs is 1. The van der Waals surface area contributed by atoms with Gasteiger partial charge >= 0.3 is 0 Å². The quantitative estimate of drug-likeness (QED) is 0.741. The molecule has 0 unspecified atom stereocenters. The fraction of sp³-hybridized carbons (Fsp3) is 0.250. The van der Waals surface area contributed by atoms with Crippen LogP contribution in [0.2, 0.25) is 0 Å². The van der Waals surface area contributed by atoms with Crippen molar-refractivity contribution >= 4 is 23.0 Å². The lowest BCUT2D eigenvalue weighted by atomic mass is 10.2. The summed E-state index contributed by atoms with van der Waals surface area (Å²) in [6, 6.07) is 12.9. The number of anilines is 1. The van der Waals surface area contributed by atoms with E-state index in [9.17, 15) is 9.59 Å². The third kappa shape index (κ3) is 3.59. The molecular weight excluding hydrogens is 328 g/mol. The Hall–Kier alpha value is -3.15. The molecular formula is C20H22N4O2. The normalized spacial score (nSPS) is 10.9. The van der Waals surface area contributed by atoms with Crippen molar-refractivity contribution in [3.8, 4) is 0 Å². The maximum Gasteiger partial charge on any atom is 0.292 e. The SMILES string of the molecule is Cc1ccccc1NC(=O)c1nc(C(=O)NCC(C)C)c2ccccn12. The van der Waals surface area contributed by atoms with Crippen LogP contribution in [0.25, 0.3) is 5.52 Å². The number of carbonyl (C=O) groups excluding carboxylic acids is 2. The number of hydrogen-bond donors (Lipinski definition) is 2. The molecule has 3 aromatic rings. The lowest BCUT2D eigenvalue weighted by molar-refractivity contribution is 0.0946. The molecule has 0 fully saturated rings. The van der Waals surface area contributed by atoms with Crippen LogP contribution in [-0.2, 0) is 0 Å². The van der Waals surface area contributed by atoms with Crippen LogP contribution in [0.15, 0.2) is 48.7 Å². The molecule has 2 aromatic heterocycles. The highest BCUT2D eigenvalue weighted by Crippen LogP contribution is 2.17. The van der Waals surface area contributed by atoms with Gasteiger partial charge in [-0.15, -0.1) is 0 Å². The summed E-state index contributed by atoms with van der Waals surface area (Å²) in [6.07, 6.45) is 1.73. The third-order valence-electron chi connectivity index (χ3n) is 4.03. The molecule has 0 atom stereocenters. The van der Waals surface area contributed by atoms with E-state index in [1.807, 2.05) is 51.1 Å². The van der Waals surface area contributed by atoms with Crippen LogP contribution in [0.4, 0.5) is 5.69 Å². The predicted octanol–water partition coefficient (Wildman–Crippen LogP) is 3.28. The summed E-state index contributed by atoms with van der Waals surface area (Å²) in [7, 11) is 0. The molecule has 0 saturated heterocycles. The molecule has 0 saturated carbocycles. The Morgan fingerprint density at radius 1 is 1.08 bits per heavy atom. The van der Waals surface area contributed by atoms with Crippen molar-refractivity contribution in [2.75, 3.05) is 11.9 Å².